The Hall–Kier alpha value is -1.62. The molecule has 0 radical (unpaired) electrons. The van der Waals surface area contributed by atoms with Crippen molar-refractivity contribution in [2.45, 2.75) is 32.2 Å². The van der Waals surface area contributed by atoms with E-state index in [0.717, 1.165) is 30.8 Å². The standard InChI is InChI=1S/C15H19N3OS/c1-12-4-5-14(20-12)9-15(19)17-7-2-3-13(10-17)18-8-6-16-11-18/h4-6,8,11,13H,2-3,7,9-10H2,1H3/t13-/m0/s1. The van der Waals surface area contributed by atoms with E-state index in [-0.39, 0.29) is 5.91 Å². The molecule has 0 bridgehead atoms. The number of carbonyl (C=O) groups is 1. The fraction of sp³-hybridized carbons (Fsp3) is 0.467. The van der Waals surface area contributed by atoms with Crippen LogP contribution in [0.25, 0.3) is 0 Å². The number of imidazole rings is 1. The molecule has 2 aromatic heterocycles. The van der Waals surface area contributed by atoms with Gasteiger partial charge in [0.2, 0.25) is 5.91 Å². The van der Waals surface area contributed by atoms with E-state index in [1.807, 2.05) is 17.4 Å². The van der Waals surface area contributed by atoms with Crippen LogP contribution in [0.5, 0.6) is 0 Å². The smallest absolute Gasteiger partial charge is 0.227 e. The number of thiophene rings is 1. The van der Waals surface area contributed by atoms with Crippen LogP contribution in [0.15, 0.2) is 30.9 Å². The molecule has 1 saturated heterocycles. The molecule has 0 unspecified atom stereocenters. The van der Waals surface area contributed by atoms with Crippen LogP contribution in [0.4, 0.5) is 0 Å². The predicted molar refractivity (Wildman–Crippen MR) is 79.8 cm³/mol. The van der Waals surface area contributed by atoms with E-state index in [9.17, 15) is 4.79 Å². The summed E-state index contributed by atoms with van der Waals surface area (Å²) in [6.07, 6.45) is 8.36. The third-order valence-electron chi connectivity index (χ3n) is 3.82. The van der Waals surface area contributed by atoms with Gasteiger partial charge in [0.25, 0.3) is 0 Å². The van der Waals surface area contributed by atoms with Crippen LogP contribution < -0.4 is 0 Å². The monoisotopic (exact) mass is 289 g/mol. The number of hydrogen-bond donors (Lipinski definition) is 0. The van der Waals surface area contributed by atoms with Gasteiger partial charge in [-0.05, 0) is 31.9 Å². The number of aryl methyl sites for hydroxylation is 1. The Morgan fingerprint density at radius 3 is 3.10 bits per heavy atom. The Morgan fingerprint density at radius 1 is 1.50 bits per heavy atom. The maximum absolute atomic E-state index is 12.4. The molecule has 1 aliphatic rings. The fourth-order valence-electron chi connectivity index (χ4n) is 2.75. The van der Waals surface area contributed by atoms with Crippen molar-refractivity contribution in [2.24, 2.45) is 0 Å². The predicted octanol–water partition coefficient (Wildman–Crippen LogP) is 2.66. The minimum Gasteiger partial charge on any atom is -0.340 e. The van der Waals surface area contributed by atoms with Gasteiger partial charge in [-0.2, -0.15) is 0 Å². The van der Waals surface area contributed by atoms with Gasteiger partial charge in [0.15, 0.2) is 0 Å². The van der Waals surface area contributed by atoms with Crippen LogP contribution in [0.3, 0.4) is 0 Å². The fourth-order valence-corrected chi connectivity index (χ4v) is 3.63. The number of piperidine rings is 1. The van der Waals surface area contributed by atoms with Gasteiger partial charge in [-0.3, -0.25) is 4.79 Å². The lowest BCUT2D eigenvalue weighted by Gasteiger charge is -2.33. The molecule has 3 heterocycles. The van der Waals surface area contributed by atoms with Gasteiger partial charge >= 0.3 is 0 Å². The zero-order valence-corrected chi connectivity index (χ0v) is 12.5. The maximum Gasteiger partial charge on any atom is 0.227 e. The second-order valence-electron chi connectivity index (χ2n) is 5.33. The molecular weight excluding hydrogens is 270 g/mol. The third kappa shape index (κ3) is 2.93. The summed E-state index contributed by atoms with van der Waals surface area (Å²) in [6, 6.07) is 4.52. The average Bonchev–Trinajstić information content (AvgIpc) is 3.11. The molecule has 1 aliphatic heterocycles. The first-order chi connectivity index (χ1) is 9.72. The zero-order valence-electron chi connectivity index (χ0n) is 11.7. The lowest BCUT2D eigenvalue weighted by atomic mass is 10.1. The van der Waals surface area contributed by atoms with Gasteiger partial charge in [0.1, 0.15) is 0 Å². The molecule has 0 N–H and O–H groups in total. The van der Waals surface area contributed by atoms with Gasteiger partial charge in [0.05, 0.1) is 18.8 Å². The molecule has 20 heavy (non-hydrogen) atoms. The Labute approximate surface area is 123 Å². The molecule has 106 valence electrons. The summed E-state index contributed by atoms with van der Waals surface area (Å²) in [7, 11) is 0. The van der Waals surface area contributed by atoms with E-state index >= 15 is 0 Å². The highest BCUT2D eigenvalue weighted by Crippen LogP contribution is 2.23. The first kappa shape index (κ1) is 13.4. The molecule has 1 atom stereocenters. The van der Waals surface area contributed by atoms with Gasteiger partial charge in [-0.1, -0.05) is 0 Å². The molecule has 5 heteroatoms. The van der Waals surface area contributed by atoms with E-state index < -0.39 is 0 Å². The number of amides is 1. The number of rotatable bonds is 3. The van der Waals surface area contributed by atoms with Crippen LogP contribution in [0, 0.1) is 6.92 Å². The molecular formula is C15H19N3OS. The normalized spacial score (nSPS) is 19.2. The van der Waals surface area contributed by atoms with Crippen LogP contribution >= 0.6 is 11.3 Å². The van der Waals surface area contributed by atoms with Gasteiger partial charge in [-0.15, -0.1) is 11.3 Å². The van der Waals surface area contributed by atoms with Crippen molar-refractivity contribution >= 4 is 17.2 Å². The van der Waals surface area contributed by atoms with Gasteiger partial charge < -0.3 is 9.47 Å². The zero-order chi connectivity index (χ0) is 13.9. The van der Waals surface area contributed by atoms with Crippen molar-refractivity contribution in [3.63, 3.8) is 0 Å². The van der Waals surface area contributed by atoms with E-state index in [2.05, 4.69) is 28.6 Å². The molecule has 3 rings (SSSR count). The number of carbonyl (C=O) groups excluding carboxylic acids is 1. The highest BCUT2D eigenvalue weighted by molar-refractivity contribution is 7.12. The summed E-state index contributed by atoms with van der Waals surface area (Å²) in [5.41, 5.74) is 0. The van der Waals surface area contributed by atoms with E-state index in [0.29, 0.717) is 12.5 Å². The minimum absolute atomic E-state index is 0.247. The first-order valence-corrected chi connectivity index (χ1v) is 7.84. The van der Waals surface area contributed by atoms with Gasteiger partial charge in [-0.25, -0.2) is 4.98 Å². The summed E-state index contributed by atoms with van der Waals surface area (Å²) in [5, 5.41) is 0. The Balaban J connectivity index is 1.63. The van der Waals surface area contributed by atoms with Crippen molar-refractivity contribution in [2.75, 3.05) is 13.1 Å². The molecule has 4 nitrogen and oxygen atoms in total. The summed E-state index contributed by atoms with van der Waals surface area (Å²) < 4.78 is 2.12. The lowest BCUT2D eigenvalue weighted by Crippen LogP contribution is -2.41. The van der Waals surface area contributed by atoms with Crippen molar-refractivity contribution < 1.29 is 4.79 Å². The Kier molecular flexibility index (Phi) is 3.87. The number of aromatic nitrogens is 2. The first-order valence-electron chi connectivity index (χ1n) is 7.03. The van der Waals surface area contributed by atoms with Crippen LogP contribution in [0.2, 0.25) is 0 Å². The van der Waals surface area contributed by atoms with E-state index in [1.54, 1.807) is 17.5 Å². The Bertz CT molecular complexity index is 576. The summed E-state index contributed by atoms with van der Waals surface area (Å²) in [6.45, 7) is 3.77. The summed E-state index contributed by atoms with van der Waals surface area (Å²) in [4.78, 5) is 20.9. The second-order valence-corrected chi connectivity index (χ2v) is 6.71. The molecule has 1 fully saturated rings. The van der Waals surface area contributed by atoms with Crippen molar-refractivity contribution in [3.8, 4) is 0 Å². The van der Waals surface area contributed by atoms with Crippen molar-refractivity contribution in [1.82, 2.24) is 14.5 Å². The highest BCUT2D eigenvalue weighted by atomic mass is 32.1. The highest BCUT2D eigenvalue weighted by Gasteiger charge is 2.24. The average molecular weight is 289 g/mol. The van der Waals surface area contributed by atoms with Crippen molar-refractivity contribution in [3.05, 3.63) is 40.6 Å². The summed E-state index contributed by atoms with van der Waals surface area (Å²) in [5.74, 6) is 0.247. The van der Waals surface area contributed by atoms with Crippen LogP contribution in [0.1, 0.15) is 28.6 Å². The number of nitrogens with zero attached hydrogens (tertiary/aromatic N) is 3. The lowest BCUT2D eigenvalue weighted by molar-refractivity contribution is -0.132. The number of hydrogen-bond acceptors (Lipinski definition) is 3. The quantitative estimate of drug-likeness (QED) is 0.871. The summed E-state index contributed by atoms with van der Waals surface area (Å²) >= 11 is 1.72. The topological polar surface area (TPSA) is 38.1 Å². The van der Waals surface area contributed by atoms with Crippen LogP contribution in [-0.2, 0) is 11.2 Å². The molecule has 0 aromatic carbocycles. The molecule has 1 amide bonds. The van der Waals surface area contributed by atoms with Crippen LogP contribution in [-0.4, -0.2) is 33.4 Å². The minimum atomic E-state index is 0.247. The molecule has 2 aromatic rings. The van der Waals surface area contributed by atoms with Gasteiger partial charge in [0, 0.05) is 35.2 Å². The SMILES string of the molecule is Cc1ccc(CC(=O)N2CCC[C@H](n3ccnc3)C2)s1. The largest absolute Gasteiger partial charge is 0.340 e. The third-order valence-corrected chi connectivity index (χ3v) is 4.82. The van der Waals surface area contributed by atoms with E-state index in [1.165, 1.54) is 4.88 Å². The second kappa shape index (κ2) is 5.79. The maximum atomic E-state index is 12.4. The number of likely N-dealkylation sites (tertiary alicyclic amines) is 1. The van der Waals surface area contributed by atoms with Crippen molar-refractivity contribution in [1.29, 1.82) is 0 Å². The Morgan fingerprint density at radius 2 is 2.40 bits per heavy atom. The van der Waals surface area contributed by atoms with E-state index in [4.69, 9.17) is 0 Å². The molecule has 0 spiro atoms. The molecule has 0 aliphatic carbocycles. The molecule has 0 saturated carbocycles.